The number of hydrogen-bond acceptors (Lipinski definition) is 5. The summed E-state index contributed by atoms with van der Waals surface area (Å²) in [6, 6.07) is 0.332. The van der Waals surface area contributed by atoms with Gasteiger partial charge in [-0.05, 0) is 25.7 Å². The lowest BCUT2D eigenvalue weighted by Crippen LogP contribution is -2.48. The zero-order chi connectivity index (χ0) is 16.9. The van der Waals surface area contributed by atoms with Crippen LogP contribution in [-0.4, -0.2) is 58.9 Å². The Balaban J connectivity index is 1.51. The van der Waals surface area contributed by atoms with Crippen LogP contribution in [0, 0.1) is 5.92 Å². The van der Waals surface area contributed by atoms with Gasteiger partial charge in [0, 0.05) is 43.2 Å². The number of sulfonamides is 1. The highest BCUT2D eigenvalue weighted by Gasteiger charge is 2.45. The zero-order valence-electron chi connectivity index (χ0n) is 13.8. The van der Waals surface area contributed by atoms with Crippen LogP contribution in [0.2, 0.25) is 0 Å². The molecule has 0 spiro atoms. The van der Waals surface area contributed by atoms with Crippen LogP contribution < -0.4 is 0 Å². The number of fused-ring (bicyclic) bond motifs is 4. The Morgan fingerprint density at radius 2 is 1.96 bits per heavy atom. The second-order valence-corrected chi connectivity index (χ2v) is 9.04. The quantitative estimate of drug-likeness (QED) is 0.785. The topological polar surface area (TPSA) is 83.5 Å². The second kappa shape index (κ2) is 5.77. The van der Waals surface area contributed by atoms with Crippen molar-refractivity contribution in [2.75, 3.05) is 19.3 Å². The van der Waals surface area contributed by atoms with Crippen LogP contribution in [0.3, 0.4) is 0 Å². The summed E-state index contributed by atoms with van der Waals surface area (Å²) in [6.07, 6.45) is 8.67. The Labute approximate surface area is 142 Å². The molecule has 4 heterocycles. The van der Waals surface area contributed by atoms with Crippen molar-refractivity contribution in [3.63, 3.8) is 0 Å². The Hall–Kier alpha value is -1.54. The molecule has 3 aliphatic heterocycles. The van der Waals surface area contributed by atoms with Crippen molar-refractivity contribution in [2.24, 2.45) is 5.92 Å². The monoisotopic (exact) mass is 350 g/mol. The average molecular weight is 350 g/mol. The number of aromatic nitrogens is 2. The molecule has 4 rings (SSSR count). The normalized spacial score (nSPS) is 28.0. The van der Waals surface area contributed by atoms with Crippen LogP contribution in [0.5, 0.6) is 0 Å². The van der Waals surface area contributed by atoms with Crippen molar-refractivity contribution in [3.8, 4) is 0 Å². The minimum atomic E-state index is -3.16. The van der Waals surface area contributed by atoms with Gasteiger partial charge in [0.2, 0.25) is 15.9 Å². The van der Waals surface area contributed by atoms with Gasteiger partial charge in [0.25, 0.3) is 0 Å². The summed E-state index contributed by atoms with van der Waals surface area (Å²) in [5.74, 6) is 0.113. The molecule has 1 aromatic heterocycles. The van der Waals surface area contributed by atoms with Gasteiger partial charge in [-0.2, -0.15) is 0 Å². The van der Waals surface area contributed by atoms with Crippen LogP contribution in [0.15, 0.2) is 12.5 Å². The molecule has 2 fully saturated rings. The molecule has 0 radical (unpaired) electrons. The summed E-state index contributed by atoms with van der Waals surface area (Å²) >= 11 is 0. The van der Waals surface area contributed by atoms with Gasteiger partial charge in [-0.3, -0.25) is 4.79 Å². The van der Waals surface area contributed by atoms with Crippen LogP contribution in [0.4, 0.5) is 0 Å². The van der Waals surface area contributed by atoms with E-state index in [0.29, 0.717) is 25.9 Å². The van der Waals surface area contributed by atoms with E-state index in [4.69, 9.17) is 0 Å². The number of nitrogens with zero attached hydrogens (tertiary/aromatic N) is 4. The molecule has 2 unspecified atom stereocenters. The van der Waals surface area contributed by atoms with Crippen LogP contribution >= 0.6 is 0 Å². The zero-order valence-corrected chi connectivity index (χ0v) is 14.6. The second-order valence-electron chi connectivity index (χ2n) is 7.06. The highest BCUT2D eigenvalue weighted by Crippen LogP contribution is 2.44. The molecule has 8 heteroatoms. The van der Waals surface area contributed by atoms with Crippen LogP contribution in [0.25, 0.3) is 0 Å². The molecule has 0 aromatic carbocycles. The van der Waals surface area contributed by atoms with Gasteiger partial charge in [0.1, 0.15) is 6.33 Å². The van der Waals surface area contributed by atoms with Gasteiger partial charge in [-0.25, -0.2) is 22.7 Å². The first-order chi connectivity index (χ1) is 11.4. The van der Waals surface area contributed by atoms with Gasteiger partial charge in [0.05, 0.1) is 18.0 Å². The summed E-state index contributed by atoms with van der Waals surface area (Å²) in [7, 11) is -3.16. The Morgan fingerprint density at radius 1 is 1.21 bits per heavy atom. The molecule has 3 aliphatic rings. The van der Waals surface area contributed by atoms with E-state index in [1.54, 1.807) is 6.33 Å². The molecule has 0 saturated carbocycles. The van der Waals surface area contributed by atoms with E-state index in [1.807, 2.05) is 11.1 Å². The van der Waals surface area contributed by atoms with E-state index >= 15 is 0 Å². The maximum absolute atomic E-state index is 13.1. The maximum Gasteiger partial charge on any atom is 0.226 e. The van der Waals surface area contributed by atoms with Gasteiger partial charge >= 0.3 is 0 Å². The van der Waals surface area contributed by atoms with Crippen molar-refractivity contribution in [2.45, 2.75) is 44.2 Å². The summed E-state index contributed by atoms with van der Waals surface area (Å²) < 4.78 is 24.7. The average Bonchev–Trinajstić information content (AvgIpc) is 2.88. The first kappa shape index (κ1) is 16.0. The molecule has 1 amide bonds. The Bertz CT molecular complexity index is 758. The lowest BCUT2D eigenvalue weighted by molar-refractivity contribution is -0.140. The molecule has 0 N–H and O–H groups in total. The highest BCUT2D eigenvalue weighted by molar-refractivity contribution is 7.88. The largest absolute Gasteiger partial charge is 0.332 e. The molecule has 7 nitrogen and oxygen atoms in total. The van der Waals surface area contributed by atoms with Crippen molar-refractivity contribution in [1.82, 2.24) is 19.2 Å². The molecular formula is C16H22N4O3S. The molecule has 2 bridgehead atoms. The molecule has 1 aromatic rings. The van der Waals surface area contributed by atoms with Crippen molar-refractivity contribution in [1.29, 1.82) is 0 Å². The molecule has 2 atom stereocenters. The van der Waals surface area contributed by atoms with Crippen LogP contribution in [0.1, 0.15) is 43.0 Å². The Kier molecular flexibility index (Phi) is 3.84. The molecular weight excluding hydrogens is 328 g/mol. The number of rotatable bonds is 2. The molecule has 130 valence electrons. The van der Waals surface area contributed by atoms with E-state index in [-0.39, 0.29) is 23.9 Å². The fourth-order valence-corrected chi connectivity index (χ4v) is 5.28. The van der Waals surface area contributed by atoms with Crippen molar-refractivity contribution < 1.29 is 13.2 Å². The number of hydrogen-bond donors (Lipinski definition) is 0. The number of piperidine rings is 1. The predicted molar refractivity (Wildman–Crippen MR) is 87.5 cm³/mol. The van der Waals surface area contributed by atoms with Crippen molar-refractivity contribution in [3.05, 3.63) is 23.8 Å². The van der Waals surface area contributed by atoms with Gasteiger partial charge in [-0.1, -0.05) is 0 Å². The fraction of sp³-hybridized carbons (Fsp3) is 0.688. The van der Waals surface area contributed by atoms with E-state index in [1.165, 1.54) is 10.6 Å². The number of carbonyl (C=O) groups is 1. The fourth-order valence-electron chi connectivity index (χ4n) is 4.41. The van der Waals surface area contributed by atoms with Gasteiger partial charge < -0.3 is 4.90 Å². The number of carbonyl (C=O) groups excluding carboxylic acids is 1. The lowest BCUT2D eigenvalue weighted by Gasteiger charge is -2.39. The van der Waals surface area contributed by atoms with E-state index in [9.17, 15) is 13.2 Å². The predicted octanol–water partition coefficient (Wildman–Crippen LogP) is 0.736. The number of amides is 1. The SMILES string of the molecule is CS(=O)(=O)N1CCC(C(=O)N2C3CCC2c2cncnc2C3)CC1. The molecule has 24 heavy (non-hydrogen) atoms. The lowest BCUT2D eigenvalue weighted by atomic mass is 9.92. The summed E-state index contributed by atoms with van der Waals surface area (Å²) in [6.45, 7) is 0.885. The van der Waals surface area contributed by atoms with Gasteiger partial charge in [0.15, 0.2) is 0 Å². The minimum absolute atomic E-state index is 0.0720. The molecule has 0 aliphatic carbocycles. The smallest absolute Gasteiger partial charge is 0.226 e. The minimum Gasteiger partial charge on any atom is -0.332 e. The van der Waals surface area contributed by atoms with Crippen molar-refractivity contribution >= 4 is 15.9 Å². The Morgan fingerprint density at radius 3 is 2.67 bits per heavy atom. The van der Waals surface area contributed by atoms with E-state index < -0.39 is 10.0 Å². The first-order valence-corrected chi connectivity index (χ1v) is 10.4. The summed E-state index contributed by atoms with van der Waals surface area (Å²) in [5.41, 5.74) is 2.17. The first-order valence-electron chi connectivity index (χ1n) is 8.51. The maximum atomic E-state index is 13.1. The summed E-state index contributed by atoms with van der Waals surface area (Å²) in [4.78, 5) is 23.7. The third-order valence-electron chi connectivity index (χ3n) is 5.64. The van der Waals surface area contributed by atoms with Gasteiger partial charge in [-0.15, -0.1) is 0 Å². The van der Waals surface area contributed by atoms with E-state index in [2.05, 4.69) is 9.97 Å². The standard InChI is InChI=1S/C16H22N4O3S/c1-24(22,23)19-6-4-11(5-7-19)16(21)20-12-2-3-15(20)13-9-17-10-18-14(13)8-12/h9-12,15H,2-8H2,1H3. The summed E-state index contributed by atoms with van der Waals surface area (Å²) in [5, 5.41) is 0. The van der Waals surface area contributed by atoms with Crippen LogP contribution in [-0.2, 0) is 21.2 Å². The third kappa shape index (κ3) is 2.61. The molecule has 2 saturated heterocycles. The van der Waals surface area contributed by atoms with E-state index in [0.717, 1.165) is 30.5 Å². The highest BCUT2D eigenvalue weighted by atomic mass is 32.2. The third-order valence-corrected chi connectivity index (χ3v) is 6.95.